The van der Waals surface area contributed by atoms with Gasteiger partial charge in [0.25, 0.3) is 5.91 Å². The van der Waals surface area contributed by atoms with Crippen molar-refractivity contribution in [2.45, 2.75) is 32.7 Å². The van der Waals surface area contributed by atoms with E-state index in [2.05, 4.69) is 22.8 Å². The minimum Gasteiger partial charge on any atom is -0.480 e. The van der Waals surface area contributed by atoms with E-state index in [0.717, 1.165) is 27.8 Å². The van der Waals surface area contributed by atoms with E-state index in [1.165, 1.54) is 0 Å². The molecule has 0 aromatic heterocycles. The summed E-state index contributed by atoms with van der Waals surface area (Å²) in [6.45, 7) is 5.38. The lowest BCUT2D eigenvalue weighted by molar-refractivity contribution is -0.140. The molecule has 2 amide bonds. The zero-order valence-corrected chi connectivity index (χ0v) is 19.9. The van der Waals surface area contributed by atoms with E-state index in [-0.39, 0.29) is 29.7 Å². The van der Waals surface area contributed by atoms with Crippen molar-refractivity contribution in [3.05, 3.63) is 89.0 Å². The summed E-state index contributed by atoms with van der Waals surface area (Å²) in [5.74, 6) is -2.09. The quantitative estimate of drug-likeness (QED) is 0.439. The Hall–Kier alpha value is -4.13. The fourth-order valence-electron chi connectivity index (χ4n) is 4.43. The van der Waals surface area contributed by atoms with E-state index in [1.807, 2.05) is 43.3 Å². The minimum atomic E-state index is -1.12. The summed E-state index contributed by atoms with van der Waals surface area (Å²) in [7, 11) is 0. The van der Waals surface area contributed by atoms with E-state index in [9.17, 15) is 19.5 Å². The summed E-state index contributed by atoms with van der Waals surface area (Å²) in [4.78, 5) is 37.1. The third-order valence-electron chi connectivity index (χ3n) is 6.22. The van der Waals surface area contributed by atoms with E-state index < -0.39 is 24.0 Å². The average molecular weight is 473 g/mol. The van der Waals surface area contributed by atoms with Gasteiger partial charge < -0.3 is 15.2 Å². The summed E-state index contributed by atoms with van der Waals surface area (Å²) in [6.07, 6.45) is -0.691. The molecule has 3 aromatic carbocycles. The van der Waals surface area contributed by atoms with E-state index in [4.69, 9.17) is 4.74 Å². The zero-order chi connectivity index (χ0) is 25.1. The van der Waals surface area contributed by atoms with Crippen LogP contribution in [0, 0.1) is 12.8 Å². The first-order chi connectivity index (χ1) is 16.8. The number of carboxylic acids is 1. The van der Waals surface area contributed by atoms with Crippen LogP contribution in [0.15, 0.2) is 66.7 Å². The summed E-state index contributed by atoms with van der Waals surface area (Å²) in [5, 5.41) is 14.6. The monoisotopic (exact) mass is 472 g/mol. The van der Waals surface area contributed by atoms with Gasteiger partial charge in [0, 0.05) is 5.92 Å². The maximum atomic E-state index is 12.9. The van der Waals surface area contributed by atoms with Crippen LogP contribution < -0.4 is 10.6 Å². The molecule has 7 heteroatoms. The molecule has 1 unspecified atom stereocenters. The van der Waals surface area contributed by atoms with Gasteiger partial charge in [-0.3, -0.25) is 10.1 Å². The Morgan fingerprint density at radius 3 is 2.11 bits per heavy atom. The largest absolute Gasteiger partial charge is 0.480 e. The predicted molar refractivity (Wildman–Crippen MR) is 134 cm³/mol. The fourth-order valence-corrected chi connectivity index (χ4v) is 4.43. The number of amides is 2. The van der Waals surface area contributed by atoms with Crippen molar-refractivity contribution in [2.75, 3.05) is 11.9 Å². The molecule has 4 rings (SSSR count). The zero-order valence-electron chi connectivity index (χ0n) is 19.9. The Balaban J connectivity index is 1.49. The van der Waals surface area contributed by atoms with Gasteiger partial charge in [0.05, 0.1) is 11.3 Å². The molecule has 0 saturated carbocycles. The molecular weight excluding hydrogens is 444 g/mol. The summed E-state index contributed by atoms with van der Waals surface area (Å²) >= 11 is 0. The number of hydrogen-bond acceptors (Lipinski definition) is 4. The Morgan fingerprint density at radius 2 is 1.54 bits per heavy atom. The number of nitrogens with one attached hydrogen (secondary N) is 2. The first-order valence-corrected chi connectivity index (χ1v) is 11.5. The third-order valence-corrected chi connectivity index (χ3v) is 6.22. The van der Waals surface area contributed by atoms with Gasteiger partial charge in [-0.05, 0) is 47.2 Å². The normalized spacial score (nSPS) is 13.0. The molecule has 3 aromatic rings. The second-order valence-electron chi connectivity index (χ2n) is 9.03. The molecule has 1 aliphatic carbocycles. The van der Waals surface area contributed by atoms with Crippen LogP contribution in [0.2, 0.25) is 0 Å². The Morgan fingerprint density at radius 1 is 0.943 bits per heavy atom. The van der Waals surface area contributed by atoms with Gasteiger partial charge in [0.2, 0.25) is 0 Å². The van der Waals surface area contributed by atoms with Crippen LogP contribution in [0.25, 0.3) is 11.1 Å². The number of aliphatic carboxylic acids is 1. The molecule has 0 fully saturated rings. The van der Waals surface area contributed by atoms with Crippen molar-refractivity contribution in [1.29, 1.82) is 0 Å². The molecule has 1 aliphatic rings. The van der Waals surface area contributed by atoms with Gasteiger partial charge in [-0.2, -0.15) is 0 Å². The van der Waals surface area contributed by atoms with Crippen molar-refractivity contribution in [3.8, 4) is 11.1 Å². The SMILES string of the molecule is Cc1ccc(NC(=O)OCC2c3ccccc3-c3ccccc32)c(C(=O)NC(C(=O)O)C(C)C)c1. The molecule has 0 spiro atoms. The summed E-state index contributed by atoms with van der Waals surface area (Å²) in [5.41, 5.74) is 5.68. The van der Waals surface area contributed by atoms with Gasteiger partial charge >= 0.3 is 12.1 Å². The second-order valence-corrected chi connectivity index (χ2v) is 9.03. The van der Waals surface area contributed by atoms with Gasteiger partial charge in [-0.25, -0.2) is 9.59 Å². The lowest BCUT2D eigenvalue weighted by Crippen LogP contribution is -2.44. The van der Waals surface area contributed by atoms with Crippen LogP contribution >= 0.6 is 0 Å². The minimum absolute atomic E-state index is 0.0868. The van der Waals surface area contributed by atoms with E-state index >= 15 is 0 Å². The smallest absolute Gasteiger partial charge is 0.411 e. The number of anilines is 1. The molecule has 0 bridgehead atoms. The number of aryl methyl sites for hydroxylation is 1. The topological polar surface area (TPSA) is 105 Å². The standard InChI is InChI=1S/C28H28N2O5/c1-16(2)25(27(32)33)30-26(31)22-14-17(3)12-13-24(22)29-28(34)35-15-23-20-10-6-4-8-18(20)19-9-5-7-11-21(19)23/h4-14,16,23,25H,15H2,1-3H3,(H,29,34)(H,30,31)(H,32,33). The van der Waals surface area contributed by atoms with E-state index in [1.54, 1.807) is 32.0 Å². The number of hydrogen-bond donors (Lipinski definition) is 3. The van der Waals surface area contributed by atoms with Gasteiger partial charge in [0.15, 0.2) is 0 Å². The summed E-state index contributed by atoms with van der Waals surface area (Å²) < 4.78 is 5.59. The average Bonchev–Trinajstić information content (AvgIpc) is 3.15. The molecular formula is C28H28N2O5. The molecule has 0 aliphatic heterocycles. The molecule has 1 atom stereocenters. The molecule has 3 N–H and O–H groups in total. The van der Waals surface area contributed by atoms with Crippen molar-refractivity contribution < 1.29 is 24.2 Å². The van der Waals surface area contributed by atoms with Crippen LogP contribution in [0.1, 0.15) is 46.8 Å². The third kappa shape index (κ3) is 5.04. The number of carbonyl (C=O) groups excluding carboxylic acids is 2. The second kappa shape index (κ2) is 10.0. The number of carbonyl (C=O) groups is 3. The van der Waals surface area contributed by atoms with Gasteiger partial charge in [-0.1, -0.05) is 74.0 Å². The predicted octanol–water partition coefficient (Wildman–Crippen LogP) is 5.20. The molecule has 0 radical (unpaired) electrons. The van der Waals surface area contributed by atoms with Crippen molar-refractivity contribution in [1.82, 2.24) is 5.32 Å². The molecule has 0 saturated heterocycles. The Bertz CT molecular complexity index is 1240. The lowest BCUT2D eigenvalue weighted by Gasteiger charge is -2.19. The lowest BCUT2D eigenvalue weighted by atomic mass is 9.98. The first kappa shape index (κ1) is 24.0. The Kier molecular flexibility index (Phi) is 6.87. The highest BCUT2D eigenvalue weighted by Gasteiger charge is 2.29. The molecule has 35 heavy (non-hydrogen) atoms. The Labute approximate surface area is 204 Å². The number of ether oxygens (including phenoxy) is 1. The number of benzene rings is 3. The highest BCUT2D eigenvalue weighted by molar-refractivity contribution is 6.04. The van der Waals surface area contributed by atoms with Crippen LogP contribution in [0.5, 0.6) is 0 Å². The maximum absolute atomic E-state index is 12.9. The summed E-state index contributed by atoms with van der Waals surface area (Å²) in [6, 6.07) is 20.0. The van der Waals surface area contributed by atoms with Gasteiger partial charge in [-0.15, -0.1) is 0 Å². The number of fused-ring (bicyclic) bond motifs is 3. The number of rotatable bonds is 7. The van der Waals surface area contributed by atoms with Crippen molar-refractivity contribution in [2.24, 2.45) is 5.92 Å². The maximum Gasteiger partial charge on any atom is 0.411 e. The van der Waals surface area contributed by atoms with Gasteiger partial charge in [0.1, 0.15) is 12.6 Å². The first-order valence-electron chi connectivity index (χ1n) is 11.5. The molecule has 7 nitrogen and oxygen atoms in total. The fraction of sp³-hybridized carbons (Fsp3) is 0.250. The highest BCUT2D eigenvalue weighted by atomic mass is 16.5. The highest BCUT2D eigenvalue weighted by Crippen LogP contribution is 2.44. The molecule has 180 valence electrons. The van der Waals surface area contributed by atoms with E-state index in [0.29, 0.717) is 0 Å². The van der Waals surface area contributed by atoms with Crippen molar-refractivity contribution in [3.63, 3.8) is 0 Å². The van der Waals surface area contributed by atoms with Crippen molar-refractivity contribution >= 4 is 23.7 Å². The van der Waals surface area contributed by atoms with Crippen LogP contribution in [0.4, 0.5) is 10.5 Å². The van der Waals surface area contributed by atoms with Crippen LogP contribution in [-0.4, -0.2) is 35.7 Å². The van der Waals surface area contributed by atoms with Crippen LogP contribution in [0.3, 0.4) is 0 Å². The van der Waals surface area contributed by atoms with Crippen LogP contribution in [-0.2, 0) is 9.53 Å². The number of carboxylic acid groups (broad SMARTS) is 1. The molecule has 0 heterocycles.